The maximum Gasteiger partial charge on any atom is 0.256 e. The molecule has 0 unspecified atom stereocenters. The summed E-state index contributed by atoms with van der Waals surface area (Å²) in [4.78, 5) is 14.4. The van der Waals surface area contributed by atoms with Crippen LogP contribution in [0.25, 0.3) is 0 Å². The molecule has 5 heteroatoms. The minimum Gasteiger partial charge on any atom is -0.322 e. The van der Waals surface area contributed by atoms with Gasteiger partial charge in [0, 0.05) is 21.2 Å². The number of benzene rings is 2. The van der Waals surface area contributed by atoms with E-state index in [1.54, 1.807) is 6.07 Å². The van der Waals surface area contributed by atoms with Gasteiger partial charge in [-0.3, -0.25) is 4.79 Å². The van der Waals surface area contributed by atoms with Gasteiger partial charge in [0.15, 0.2) is 0 Å². The molecule has 0 atom stereocenters. The van der Waals surface area contributed by atoms with E-state index in [2.05, 4.69) is 42.1 Å². The first-order valence-electron chi connectivity index (χ1n) is 6.46. The van der Waals surface area contributed by atoms with Gasteiger partial charge in [0.05, 0.1) is 5.56 Å². The molecule has 110 valence electrons. The number of anilines is 1. The van der Waals surface area contributed by atoms with E-state index in [9.17, 15) is 4.79 Å². The molecule has 1 amide bonds. The predicted octanol–water partition coefficient (Wildman–Crippen LogP) is 4.53. The Morgan fingerprint density at radius 2 is 1.90 bits per heavy atom. The summed E-state index contributed by atoms with van der Waals surface area (Å²) >= 11 is 6.79. The van der Waals surface area contributed by atoms with E-state index < -0.39 is 0 Å². The van der Waals surface area contributed by atoms with Crippen molar-refractivity contribution in [2.24, 2.45) is 0 Å². The van der Waals surface area contributed by atoms with Gasteiger partial charge in [-0.05, 0) is 65.9 Å². The fourth-order valence-electron chi connectivity index (χ4n) is 1.98. The maximum atomic E-state index is 12.3. The van der Waals surface area contributed by atoms with E-state index in [-0.39, 0.29) is 5.91 Å². The highest BCUT2D eigenvalue weighted by atomic mass is 79.9. The fourth-order valence-corrected chi connectivity index (χ4v) is 3.21. The van der Waals surface area contributed by atoms with Gasteiger partial charge in [-0.15, -0.1) is 0 Å². The highest BCUT2D eigenvalue weighted by molar-refractivity contribution is 9.11. The molecule has 0 spiro atoms. The monoisotopic (exact) mass is 410 g/mol. The molecule has 2 aromatic carbocycles. The second kappa shape index (κ2) is 7.20. The first-order valence-corrected chi connectivity index (χ1v) is 8.04. The molecule has 2 rings (SSSR count). The number of amides is 1. The van der Waals surface area contributed by atoms with Gasteiger partial charge in [0.1, 0.15) is 0 Å². The van der Waals surface area contributed by atoms with Gasteiger partial charge >= 0.3 is 0 Å². The Balaban J connectivity index is 2.15. The number of rotatable bonds is 4. The summed E-state index contributed by atoms with van der Waals surface area (Å²) in [6.45, 7) is 0.839. The Hall–Kier alpha value is -1.17. The van der Waals surface area contributed by atoms with E-state index in [4.69, 9.17) is 0 Å². The third-order valence-corrected chi connectivity index (χ3v) is 4.01. The van der Waals surface area contributed by atoms with E-state index in [0.29, 0.717) is 5.56 Å². The zero-order valence-electron chi connectivity index (χ0n) is 11.9. The molecule has 0 radical (unpaired) electrons. The third-order valence-electron chi connectivity index (χ3n) is 2.86. The first kappa shape index (κ1) is 16.2. The van der Waals surface area contributed by atoms with Gasteiger partial charge < -0.3 is 10.2 Å². The number of hydrogen-bond donors (Lipinski definition) is 1. The van der Waals surface area contributed by atoms with Crippen molar-refractivity contribution < 1.29 is 4.79 Å². The Kier molecular flexibility index (Phi) is 5.56. The molecule has 1 N–H and O–H groups in total. The Morgan fingerprint density at radius 3 is 2.57 bits per heavy atom. The lowest BCUT2D eigenvalue weighted by Crippen LogP contribution is -2.14. The minimum atomic E-state index is -0.128. The second-order valence-corrected chi connectivity index (χ2v) is 6.79. The van der Waals surface area contributed by atoms with Crippen LogP contribution < -0.4 is 5.32 Å². The minimum absolute atomic E-state index is 0.128. The van der Waals surface area contributed by atoms with E-state index in [0.717, 1.165) is 26.7 Å². The molecule has 3 nitrogen and oxygen atoms in total. The van der Waals surface area contributed by atoms with Crippen molar-refractivity contribution in [1.29, 1.82) is 0 Å². The Labute approximate surface area is 141 Å². The van der Waals surface area contributed by atoms with Gasteiger partial charge in [0.25, 0.3) is 5.91 Å². The lowest BCUT2D eigenvalue weighted by Gasteiger charge is -2.12. The molecule has 0 aliphatic heterocycles. The van der Waals surface area contributed by atoms with Crippen LogP contribution >= 0.6 is 31.9 Å². The molecule has 0 aromatic heterocycles. The Morgan fingerprint density at radius 1 is 1.14 bits per heavy atom. The molecular formula is C16H16Br2N2O. The highest BCUT2D eigenvalue weighted by Crippen LogP contribution is 2.23. The van der Waals surface area contributed by atoms with Gasteiger partial charge in [0.2, 0.25) is 0 Å². The van der Waals surface area contributed by atoms with Crippen molar-refractivity contribution in [2.75, 3.05) is 19.4 Å². The van der Waals surface area contributed by atoms with Crippen molar-refractivity contribution in [3.8, 4) is 0 Å². The van der Waals surface area contributed by atoms with Crippen LogP contribution in [0.2, 0.25) is 0 Å². The largest absolute Gasteiger partial charge is 0.322 e. The molecule has 2 aromatic rings. The summed E-state index contributed by atoms with van der Waals surface area (Å²) in [5, 5.41) is 2.93. The molecular weight excluding hydrogens is 396 g/mol. The standard InChI is InChI=1S/C16H16Br2N2O/c1-20(2)10-11-4-3-5-13(8-11)19-16(21)14-7-6-12(17)9-15(14)18/h3-9H,10H2,1-2H3,(H,19,21). The van der Waals surface area contributed by atoms with Crippen molar-refractivity contribution in [1.82, 2.24) is 4.90 Å². The molecule has 0 saturated heterocycles. The maximum absolute atomic E-state index is 12.3. The van der Waals surface area contributed by atoms with Crippen LogP contribution in [-0.2, 0) is 6.54 Å². The number of carbonyl (C=O) groups is 1. The summed E-state index contributed by atoms with van der Waals surface area (Å²) in [5.41, 5.74) is 2.57. The molecule has 0 aliphatic carbocycles. The molecule has 0 saturated carbocycles. The zero-order valence-corrected chi connectivity index (χ0v) is 15.0. The quantitative estimate of drug-likeness (QED) is 0.801. The summed E-state index contributed by atoms with van der Waals surface area (Å²) in [6.07, 6.45) is 0. The summed E-state index contributed by atoms with van der Waals surface area (Å²) in [7, 11) is 4.04. The number of nitrogens with one attached hydrogen (secondary N) is 1. The fraction of sp³-hybridized carbons (Fsp3) is 0.188. The zero-order chi connectivity index (χ0) is 15.4. The lowest BCUT2D eigenvalue weighted by atomic mass is 10.1. The van der Waals surface area contributed by atoms with E-state index >= 15 is 0 Å². The van der Waals surface area contributed by atoms with Crippen molar-refractivity contribution >= 4 is 43.5 Å². The molecule has 21 heavy (non-hydrogen) atoms. The molecule has 0 aliphatic rings. The van der Waals surface area contributed by atoms with Crippen LogP contribution in [0, 0.1) is 0 Å². The van der Waals surface area contributed by atoms with Gasteiger partial charge in [-0.2, -0.15) is 0 Å². The summed E-state index contributed by atoms with van der Waals surface area (Å²) in [5.74, 6) is -0.128. The van der Waals surface area contributed by atoms with Crippen LogP contribution in [0.3, 0.4) is 0 Å². The Bertz CT molecular complexity index is 656. The summed E-state index contributed by atoms with van der Waals surface area (Å²) < 4.78 is 1.69. The molecule has 0 heterocycles. The van der Waals surface area contributed by atoms with Crippen LogP contribution in [0.15, 0.2) is 51.4 Å². The number of hydrogen-bond acceptors (Lipinski definition) is 2. The van der Waals surface area contributed by atoms with Crippen molar-refractivity contribution in [3.05, 3.63) is 62.5 Å². The highest BCUT2D eigenvalue weighted by Gasteiger charge is 2.10. The van der Waals surface area contributed by atoms with E-state index in [1.165, 1.54) is 0 Å². The average molecular weight is 412 g/mol. The topological polar surface area (TPSA) is 32.3 Å². The summed E-state index contributed by atoms with van der Waals surface area (Å²) in [6, 6.07) is 13.4. The second-order valence-electron chi connectivity index (χ2n) is 5.02. The van der Waals surface area contributed by atoms with Crippen molar-refractivity contribution in [3.63, 3.8) is 0 Å². The van der Waals surface area contributed by atoms with Crippen molar-refractivity contribution in [2.45, 2.75) is 6.54 Å². The predicted molar refractivity (Wildman–Crippen MR) is 93.6 cm³/mol. The lowest BCUT2D eigenvalue weighted by molar-refractivity contribution is 0.102. The van der Waals surface area contributed by atoms with E-state index in [1.807, 2.05) is 50.5 Å². The third kappa shape index (κ3) is 4.66. The van der Waals surface area contributed by atoms with Gasteiger partial charge in [-0.1, -0.05) is 28.1 Å². The molecule has 0 bridgehead atoms. The number of nitrogens with zero attached hydrogens (tertiary/aromatic N) is 1. The molecule has 0 fully saturated rings. The smallest absolute Gasteiger partial charge is 0.256 e. The van der Waals surface area contributed by atoms with Crippen LogP contribution in [0.5, 0.6) is 0 Å². The average Bonchev–Trinajstić information content (AvgIpc) is 2.37. The normalized spacial score (nSPS) is 10.7. The van der Waals surface area contributed by atoms with Crippen LogP contribution in [-0.4, -0.2) is 24.9 Å². The van der Waals surface area contributed by atoms with Crippen LogP contribution in [0.4, 0.5) is 5.69 Å². The number of halogens is 2. The van der Waals surface area contributed by atoms with Crippen LogP contribution in [0.1, 0.15) is 15.9 Å². The first-order chi connectivity index (χ1) is 9.95. The van der Waals surface area contributed by atoms with Gasteiger partial charge in [-0.25, -0.2) is 0 Å². The number of carbonyl (C=O) groups excluding carboxylic acids is 1. The SMILES string of the molecule is CN(C)Cc1cccc(NC(=O)c2ccc(Br)cc2Br)c1.